The SMILES string of the molecule is Cc1ccc(F)cc1CN1CCC[C@H]1CCCO. The summed E-state index contributed by atoms with van der Waals surface area (Å²) >= 11 is 0. The van der Waals surface area contributed by atoms with Crippen LogP contribution < -0.4 is 0 Å². The molecule has 0 bridgehead atoms. The standard InChI is InChI=1S/C15H22FNO/c1-12-6-7-14(16)10-13(12)11-17-8-2-4-15(17)5-3-9-18/h6-7,10,15,18H,2-5,8-9,11H2,1H3/t15-/m0/s1. The van der Waals surface area contributed by atoms with Crippen LogP contribution in [0.3, 0.4) is 0 Å². The lowest BCUT2D eigenvalue weighted by atomic mass is 10.1. The van der Waals surface area contributed by atoms with Gasteiger partial charge in [0.2, 0.25) is 0 Å². The van der Waals surface area contributed by atoms with Crippen molar-refractivity contribution in [2.45, 2.75) is 45.2 Å². The Morgan fingerprint density at radius 1 is 1.44 bits per heavy atom. The summed E-state index contributed by atoms with van der Waals surface area (Å²) in [6.45, 7) is 4.22. The minimum atomic E-state index is -0.151. The maximum atomic E-state index is 13.3. The first-order valence-electron chi connectivity index (χ1n) is 6.80. The number of nitrogens with zero attached hydrogens (tertiary/aromatic N) is 1. The molecule has 2 nitrogen and oxygen atoms in total. The molecule has 0 radical (unpaired) electrons. The largest absolute Gasteiger partial charge is 0.396 e. The van der Waals surface area contributed by atoms with Crippen LogP contribution in [0.5, 0.6) is 0 Å². The molecule has 1 aromatic carbocycles. The molecule has 0 aromatic heterocycles. The van der Waals surface area contributed by atoms with Crippen molar-refractivity contribution in [1.29, 1.82) is 0 Å². The minimum Gasteiger partial charge on any atom is -0.396 e. The fourth-order valence-corrected chi connectivity index (χ4v) is 2.79. The molecule has 1 saturated heterocycles. The third kappa shape index (κ3) is 3.30. The van der Waals surface area contributed by atoms with Gasteiger partial charge >= 0.3 is 0 Å². The molecule has 0 aliphatic carbocycles. The van der Waals surface area contributed by atoms with E-state index in [0.29, 0.717) is 6.04 Å². The highest BCUT2D eigenvalue weighted by molar-refractivity contribution is 5.26. The molecule has 3 heteroatoms. The molecule has 0 saturated carbocycles. The van der Waals surface area contributed by atoms with Crippen molar-refractivity contribution in [3.63, 3.8) is 0 Å². The van der Waals surface area contributed by atoms with Crippen molar-refractivity contribution in [2.75, 3.05) is 13.2 Å². The highest BCUT2D eigenvalue weighted by Gasteiger charge is 2.24. The zero-order valence-electron chi connectivity index (χ0n) is 11.0. The summed E-state index contributed by atoms with van der Waals surface area (Å²) in [6, 6.07) is 5.58. The summed E-state index contributed by atoms with van der Waals surface area (Å²) in [5, 5.41) is 8.91. The number of likely N-dealkylation sites (tertiary alicyclic amines) is 1. The van der Waals surface area contributed by atoms with Gasteiger partial charge < -0.3 is 5.11 Å². The Hall–Kier alpha value is -0.930. The van der Waals surface area contributed by atoms with Gasteiger partial charge in [-0.25, -0.2) is 4.39 Å². The Morgan fingerprint density at radius 2 is 2.28 bits per heavy atom. The van der Waals surface area contributed by atoms with Crippen LogP contribution in [0.15, 0.2) is 18.2 Å². The van der Waals surface area contributed by atoms with Crippen LogP contribution in [-0.4, -0.2) is 29.2 Å². The van der Waals surface area contributed by atoms with Gasteiger partial charge in [-0.1, -0.05) is 6.07 Å². The summed E-state index contributed by atoms with van der Waals surface area (Å²) in [5.41, 5.74) is 2.25. The molecule has 2 rings (SSSR count). The Morgan fingerprint density at radius 3 is 3.06 bits per heavy atom. The molecular formula is C15H22FNO. The number of benzene rings is 1. The normalized spacial score (nSPS) is 20.5. The van der Waals surface area contributed by atoms with Gasteiger partial charge in [0.25, 0.3) is 0 Å². The van der Waals surface area contributed by atoms with Crippen LogP contribution in [0.1, 0.15) is 36.8 Å². The summed E-state index contributed by atoms with van der Waals surface area (Å²) in [6.07, 6.45) is 4.33. The number of halogens is 1. The zero-order chi connectivity index (χ0) is 13.0. The number of hydrogen-bond acceptors (Lipinski definition) is 2. The molecule has 1 aliphatic heterocycles. The molecule has 18 heavy (non-hydrogen) atoms. The summed E-state index contributed by atoms with van der Waals surface area (Å²) in [4.78, 5) is 2.43. The van der Waals surface area contributed by atoms with E-state index in [9.17, 15) is 4.39 Å². The minimum absolute atomic E-state index is 0.151. The predicted octanol–water partition coefficient (Wildman–Crippen LogP) is 2.87. The summed E-state index contributed by atoms with van der Waals surface area (Å²) in [5.74, 6) is -0.151. The smallest absolute Gasteiger partial charge is 0.123 e. The van der Waals surface area contributed by atoms with E-state index < -0.39 is 0 Å². The van der Waals surface area contributed by atoms with Crippen LogP contribution in [0, 0.1) is 12.7 Å². The van der Waals surface area contributed by atoms with Crippen molar-refractivity contribution in [2.24, 2.45) is 0 Å². The quantitative estimate of drug-likeness (QED) is 0.870. The van der Waals surface area contributed by atoms with E-state index in [1.54, 1.807) is 6.07 Å². The molecule has 1 heterocycles. The van der Waals surface area contributed by atoms with Crippen molar-refractivity contribution < 1.29 is 9.50 Å². The van der Waals surface area contributed by atoms with E-state index in [4.69, 9.17) is 5.11 Å². The lowest BCUT2D eigenvalue weighted by molar-refractivity contribution is 0.209. The summed E-state index contributed by atoms with van der Waals surface area (Å²) < 4.78 is 13.3. The van der Waals surface area contributed by atoms with Crippen molar-refractivity contribution in [3.05, 3.63) is 35.1 Å². The second-order valence-electron chi connectivity index (χ2n) is 5.20. The van der Waals surface area contributed by atoms with E-state index in [1.165, 1.54) is 18.9 Å². The molecule has 1 fully saturated rings. The van der Waals surface area contributed by atoms with Gasteiger partial charge in [-0.05, 0) is 62.4 Å². The van der Waals surface area contributed by atoms with Crippen LogP contribution >= 0.6 is 0 Å². The van der Waals surface area contributed by atoms with Crippen LogP contribution in [0.2, 0.25) is 0 Å². The molecule has 0 unspecified atom stereocenters. The van der Waals surface area contributed by atoms with Gasteiger partial charge in [0.15, 0.2) is 0 Å². The van der Waals surface area contributed by atoms with Gasteiger partial charge in [0, 0.05) is 19.2 Å². The monoisotopic (exact) mass is 251 g/mol. The first kappa shape index (κ1) is 13.5. The number of aliphatic hydroxyl groups is 1. The molecule has 1 aromatic rings. The van der Waals surface area contributed by atoms with E-state index >= 15 is 0 Å². The Bertz CT molecular complexity index is 394. The van der Waals surface area contributed by atoms with Crippen LogP contribution in [-0.2, 0) is 6.54 Å². The Balaban J connectivity index is 2.01. The zero-order valence-corrected chi connectivity index (χ0v) is 11.0. The maximum absolute atomic E-state index is 13.3. The number of hydrogen-bond donors (Lipinski definition) is 1. The van der Waals surface area contributed by atoms with Gasteiger partial charge in [-0.15, -0.1) is 0 Å². The molecule has 1 aliphatic rings. The van der Waals surface area contributed by atoms with Crippen molar-refractivity contribution in [3.8, 4) is 0 Å². The predicted molar refractivity (Wildman–Crippen MR) is 70.9 cm³/mol. The fraction of sp³-hybridized carbons (Fsp3) is 0.600. The van der Waals surface area contributed by atoms with Crippen LogP contribution in [0.25, 0.3) is 0 Å². The summed E-state index contributed by atoms with van der Waals surface area (Å²) in [7, 11) is 0. The van der Waals surface area contributed by atoms with E-state index in [1.807, 2.05) is 13.0 Å². The number of rotatable bonds is 5. The van der Waals surface area contributed by atoms with Gasteiger partial charge in [-0.2, -0.15) is 0 Å². The number of aliphatic hydroxyl groups excluding tert-OH is 1. The third-order valence-corrected chi connectivity index (χ3v) is 3.88. The number of aryl methyl sites for hydroxylation is 1. The Labute approximate surface area is 108 Å². The molecular weight excluding hydrogens is 229 g/mol. The van der Waals surface area contributed by atoms with E-state index in [-0.39, 0.29) is 12.4 Å². The molecule has 1 atom stereocenters. The molecule has 100 valence electrons. The molecule has 1 N–H and O–H groups in total. The fourth-order valence-electron chi connectivity index (χ4n) is 2.79. The average molecular weight is 251 g/mol. The topological polar surface area (TPSA) is 23.5 Å². The van der Waals surface area contributed by atoms with E-state index in [0.717, 1.165) is 37.1 Å². The lowest BCUT2D eigenvalue weighted by Gasteiger charge is -2.25. The maximum Gasteiger partial charge on any atom is 0.123 e. The second kappa shape index (κ2) is 6.30. The van der Waals surface area contributed by atoms with Gasteiger partial charge in [0.1, 0.15) is 5.82 Å². The van der Waals surface area contributed by atoms with Gasteiger partial charge in [-0.3, -0.25) is 4.90 Å². The van der Waals surface area contributed by atoms with Crippen molar-refractivity contribution >= 4 is 0 Å². The van der Waals surface area contributed by atoms with Crippen molar-refractivity contribution in [1.82, 2.24) is 4.90 Å². The first-order valence-corrected chi connectivity index (χ1v) is 6.80. The Kier molecular flexibility index (Phi) is 4.72. The average Bonchev–Trinajstić information content (AvgIpc) is 2.79. The molecule has 0 amide bonds. The lowest BCUT2D eigenvalue weighted by Crippen LogP contribution is -2.29. The first-order chi connectivity index (χ1) is 8.70. The highest BCUT2D eigenvalue weighted by atomic mass is 19.1. The van der Waals surface area contributed by atoms with Crippen LogP contribution in [0.4, 0.5) is 4.39 Å². The highest BCUT2D eigenvalue weighted by Crippen LogP contribution is 2.24. The van der Waals surface area contributed by atoms with Gasteiger partial charge in [0.05, 0.1) is 0 Å². The van der Waals surface area contributed by atoms with E-state index in [2.05, 4.69) is 4.90 Å². The third-order valence-electron chi connectivity index (χ3n) is 3.88. The molecule has 0 spiro atoms. The second-order valence-corrected chi connectivity index (χ2v) is 5.20.